The van der Waals surface area contributed by atoms with Crippen molar-refractivity contribution in [2.75, 3.05) is 47.5 Å². The summed E-state index contributed by atoms with van der Waals surface area (Å²) in [5, 5.41) is 34.1. The van der Waals surface area contributed by atoms with E-state index in [1.165, 1.54) is 127 Å². The van der Waals surface area contributed by atoms with Crippen molar-refractivity contribution in [2.24, 2.45) is 0 Å². The minimum Gasteiger partial charge on any atom is -0.547 e. The summed E-state index contributed by atoms with van der Waals surface area (Å²) in [6.45, 7) is 14.1. The second-order valence-electron chi connectivity index (χ2n) is 12.0. The Bertz CT molecular complexity index is 647. The number of aliphatic carboxylic acids is 2. The Hall–Kier alpha value is -1.08. The molecule has 0 aromatic rings. The van der Waals surface area contributed by atoms with Gasteiger partial charge in [-0.1, -0.05) is 105 Å². The third-order valence-corrected chi connectivity index (χ3v) is 11.4. The van der Waals surface area contributed by atoms with Crippen molar-refractivity contribution in [1.29, 1.82) is 0 Å². The van der Waals surface area contributed by atoms with Gasteiger partial charge in [-0.25, -0.2) is 4.79 Å². The minimum atomic E-state index is -2.59. The van der Waals surface area contributed by atoms with Crippen molar-refractivity contribution >= 4 is 20.7 Å². The minimum absolute atomic E-state index is 0.308. The van der Waals surface area contributed by atoms with Crippen LogP contribution in [0.1, 0.15) is 130 Å². The van der Waals surface area contributed by atoms with Gasteiger partial charge in [0.2, 0.25) is 0 Å². The van der Waals surface area contributed by atoms with Crippen LogP contribution in [0.3, 0.4) is 0 Å². The summed E-state index contributed by atoms with van der Waals surface area (Å²) in [5.74, 6) is -3.83. The molecule has 43 heavy (non-hydrogen) atoms. The molecule has 0 aromatic carbocycles. The first kappa shape index (κ1) is 44.0. The van der Waals surface area contributed by atoms with Gasteiger partial charge in [-0.05, 0) is 25.7 Å². The standard InChI is InChI=1S/C28H62NO3Si.C4H6O6/c1-8-11-12-13-14-15-16-17-18-19-20-21-22-23-26-29(24-9-2,25-10-3)27-28(4)33(30-5,31-6)32-7;5-1(3(7)8)2(6)4(9)10/h28H,8-27H2,1-7H3;1-2,5-6H,(H,7,8)(H,9,10)/q+1;/p-1. The molecule has 0 bridgehead atoms. The summed E-state index contributed by atoms with van der Waals surface area (Å²) in [6.07, 6.45) is 17.6. The number of hydrogen-bond donors (Lipinski definition) is 3. The highest BCUT2D eigenvalue weighted by Crippen LogP contribution is 2.29. The topological polar surface area (TPSA) is 146 Å². The number of nitrogens with zero attached hydrogens (tertiary/aromatic N) is 1. The Morgan fingerprint density at radius 2 is 1.02 bits per heavy atom. The molecule has 0 aromatic heterocycles. The molecule has 0 spiro atoms. The summed E-state index contributed by atoms with van der Waals surface area (Å²) in [4.78, 5) is 19.4. The summed E-state index contributed by atoms with van der Waals surface area (Å²) in [5.41, 5.74) is 0.308. The van der Waals surface area contributed by atoms with Crippen molar-refractivity contribution < 1.29 is 47.8 Å². The Kier molecular flexibility index (Phi) is 27.9. The van der Waals surface area contributed by atoms with Gasteiger partial charge in [0, 0.05) is 21.3 Å². The van der Waals surface area contributed by atoms with E-state index in [0.717, 1.165) is 6.54 Å². The molecule has 0 aliphatic rings. The first-order valence-electron chi connectivity index (χ1n) is 16.8. The first-order chi connectivity index (χ1) is 20.5. The molecule has 3 atom stereocenters. The molecule has 0 rings (SSSR count). The molecule has 11 heteroatoms. The van der Waals surface area contributed by atoms with Gasteiger partial charge in [0.15, 0.2) is 6.10 Å². The van der Waals surface area contributed by atoms with E-state index in [1.807, 2.05) is 0 Å². The lowest BCUT2D eigenvalue weighted by Gasteiger charge is -2.43. The lowest BCUT2D eigenvalue weighted by Crippen LogP contribution is -2.57. The molecule has 0 fully saturated rings. The fourth-order valence-corrected chi connectivity index (χ4v) is 8.33. The van der Waals surface area contributed by atoms with E-state index in [0.29, 0.717) is 5.54 Å². The number of carbonyl (C=O) groups excluding carboxylic acids is 1. The van der Waals surface area contributed by atoms with Gasteiger partial charge in [0.25, 0.3) is 0 Å². The zero-order valence-corrected chi connectivity index (χ0v) is 29.6. The van der Waals surface area contributed by atoms with E-state index in [1.54, 1.807) is 21.3 Å². The number of carboxylic acids is 2. The molecular weight excluding hydrogens is 570 g/mol. The molecule has 0 saturated carbocycles. The average Bonchev–Trinajstić information content (AvgIpc) is 2.98. The summed E-state index contributed by atoms with van der Waals surface area (Å²) in [7, 11) is 2.65. The Morgan fingerprint density at radius 1 is 0.651 bits per heavy atom. The van der Waals surface area contributed by atoms with Gasteiger partial charge >= 0.3 is 14.8 Å². The maximum Gasteiger partial charge on any atom is 0.508 e. The van der Waals surface area contributed by atoms with Crippen LogP contribution >= 0.6 is 0 Å². The van der Waals surface area contributed by atoms with Crippen molar-refractivity contribution in [3.8, 4) is 0 Å². The highest BCUT2D eigenvalue weighted by Gasteiger charge is 2.48. The monoisotopic (exact) mass is 637 g/mol. The maximum atomic E-state index is 9.74. The molecule has 0 amide bonds. The van der Waals surface area contributed by atoms with E-state index in [-0.39, 0.29) is 0 Å². The van der Waals surface area contributed by atoms with Gasteiger partial charge < -0.3 is 43.0 Å². The van der Waals surface area contributed by atoms with Gasteiger partial charge in [-0.3, -0.25) is 0 Å². The zero-order chi connectivity index (χ0) is 33.2. The lowest BCUT2D eigenvalue weighted by atomic mass is 10.0. The molecule has 10 nitrogen and oxygen atoms in total. The third-order valence-electron chi connectivity index (χ3n) is 8.29. The van der Waals surface area contributed by atoms with Crippen molar-refractivity contribution in [3.05, 3.63) is 0 Å². The number of carbonyl (C=O) groups is 2. The Labute approximate surface area is 264 Å². The second-order valence-corrected chi connectivity index (χ2v) is 15.4. The summed E-state index contributed by atoms with van der Waals surface area (Å²) in [6, 6.07) is 0. The van der Waals surface area contributed by atoms with Crippen LogP contribution in [-0.4, -0.2) is 100 Å². The highest BCUT2D eigenvalue weighted by molar-refractivity contribution is 6.62. The number of carboxylic acid groups (broad SMARTS) is 2. The van der Waals surface area contributed by atoms with Gasteiger partial charge in [0.05, 0.1) is 37.7 Å². The van der Waals surface area contributed by atoms with Crippen LogP contribution in [0.4, 0.5) is 0 Å². The molecule has 0 aliphatic carbocycles. The van der Waals surface area contributed by atoms with Gasteiger partial charge in [-0.2, -0.15) is 0 Å². The van der Waals surface area contributed by atoms with Crippen molar-refractivity contribution in [1.82, 2.24) is 0 Å². The van der Waals surface area contributed by atoms with E-state index >= 15 is 0 Å². The van der Waals surface area contributed by atoms with E-state index in [4.69, 9.17) is 28.6 Å². The van der Waals surface area contributed by atoms with Gasteiger partial charge in [0.1, 0.15) is 6.10 Å². The summed E-state index contributed by atoms with van der Waals surface area (Å²) >= 11 is 0. The Balaban J connectivity index is 0. The van der Waals surface area contributed by atoms with Crippen LogP contribution in [0.2, 0.25) is 5.54 Å². The second kappa shape index (κ2) is 27.2. The highest BCUT2D eigenvalue weighted by atomic mass is 28.4. The van der Waals surface area contributed by atoms with Crippen LogP contribution in [0, 0.1) is 0 Å². The molecule has 0 heterocycles. The quantitative estimate of drug-likeness (QED) is 0.0618. The van der Waals surface area contributed by atoms with Crippen LogP contribution in [0.15, 0.2) is 0 Å². The maximum absolute atomic E-state index is 9.74. The normalized spacial score (nSPS) is 14.1. The van der Waals surface area contributed by atoms with Gasteiger partial charge in [-0.15, -0.1) is 0 Å². The number of rotatable bonds is 28. The predicted octanol–water partition coefficient (Wildman–Crippen LogP) is 4.92. The molecule has 258 valence electrons. The zero-order valence-electron chi connectivity index (χ0n) is 28.6. The van der Waals surface area contributed by atoms with E-state index in [9.17, 15) is 14.7 Å². The molecule has 0 radical (unpaired) electrons. The largest absolute Gasteiger partial charge is 0.547 e. The average molecular weight is 638 g/mol. The smallest absolute Gasteiger partial charge is 0.508 e. The van der Waals surface area contributed by atoms with E-state index < -0.39 is 33.0 Å². The summed E-state index contributed by atoms with van der Waals surface area (Å²) < 4.78 is 18.6. The first-order valence-corrected chi connectivity index (χ1v) is 18.6. The SMILES string of the molecule is CCCCCCCCCCCCCCCC[N+](CCC)(CCC)CC(C)[Si](OC)(OC)OC.O=C([O-])C(O)C(O)C(=O)O. The van der Waals surface area contributed by atoms with Crippen LogP contribution in [0.25, 0.3) is 0 Å². The number of quaternary nitrogens is 1. The number of hydrogen-bond acceptors (Lipinski definition) is 8. The molecule has 0 aliphatic heterocycles. The fraction of sp³-hybridized carbons (Fsp3) is 0.938. The number of unbranched alkanes of at least 4 members (excludes halogenated alkanes) is 13. The van der Waals surface area contributed by atoms with E-state index in [2.05, 4.69) is 27.7 Å². The molecule has 0 saturated heterocycles. The predicted molar refractivity (Wildman–Crippen MR) is 171 cm³/mol. The Morgan fingerprint density at radius 3 is 1.30 bits per heavy atom. The van der Waals surface area contributed by atoms with Crippen molar-refractivity contribution in [2.45, 2.75) is 148 Å². The number of aliphatic hydroxyl groups excluding tert-OH is 2. The molecule has 3 N–H and O–H groups in total. The third kappa shape index (κ3) is 19.8. The van der Waals surface area contributed by atoms with Crippen LogP contribution in [-0.2, 0) is 22.9 Å². The molecule has 3 unspecified atom stereocenters. The fourth-order valence-electron chi connectivity index (χ4n) is 6.01. The number of aliphatic hydroxyl groups is 2. The lowest BCUT2D eigenvalue weighted by molar-refractivity contribution is -0.928. The molecular formula is C32H67NO9Si. The van der Waals surface area contributed by atoms with Crippen LogP contribution in [0.5, 0.6) is 0 Å². The van der Waals surface area contributed by atoms with Crippen molar-refractivity contribution in [3.63, 3.8) is 0 Å². The van der Waals surface area contributed by atoms with Crippen LogP contribution < -0.4 is 5.11 Å².